The Balaban J connectivity index is 1.83. The lowest BCUT2D eigenvalue weighted by Gasteiger charge is -2.15. The van der Waals surface area contributed by atoms with Crippen LogP contribution in [0.4, 0.5) is 0 Å². The van der Waals surface area contributed by atoms with Crippen molar-refractivity contribution in [1.82, 2.24) is 19.8 Å². The van der Waals surface area contributed by atoms with Gasteiger partial charge >= 0.3 is 0 Å². The number of hydrogen-bond donors (Lipinski definition) is 1. The van der Waals surface area contributed by atoms with Crippen molar-refractivity contribution in [3.8, 4) is 0 Å². The van der Waals surface area contributed by atoms with Crippen molar-refractivity contribution < 1.29 is 4.79 Å². The largest absolute Gasteiger partial charge is 0.348 e. The number of nitrogens with two attached hydrogens (primary N) is 1. The highest BCUT2D eigenvalue weighted by molar-refractivity contribution is 8.00. The molecule has 6 nitrogen and oxygen atoms in total. The highest BCUT2D eigenvalue weighted by Crippen LogP contribution is 2.24. The van der Waals surface area contributed by atoms with E-state index in [9.17, 15) is 4.79 Å². The molecule has 0 fully saturated rings. The summed E-state index contributed by atoms with van der Waals surface area (Å²) in [6.07, 6.45) is 0.585. The number of amides is 1. The van der Waals surface area contributed by atoms with Gasteiger partial charge in [-0.05, 0) is 23.3 Å². The molecule has 2 N–H and O–H groups in total. The predicted molar refractivity (Wildman–Crippen MR) is 101 cm³/mol. The molecule has 0 aliphatic carbocycles. The van der Waals surface area contributed by atoms with Crippen molar-refractivity contribution in [2.24, 2.45) is 0 Å². The first kappa shape index (κ1) is 17.3. The molecule has 1 atom stereocenters. The summed E-state index contributed by atoms with van der Waals surface area (Å²) < 4.78 is 1.48. The van der Waals surface area contributed by atoms with E-state index >= 15 is 0 Å². The molecule has 0 unspecified atom stereocenters. The van der Waals surface area contributed by atoms with Crippen molar-refractivity contribution in [3.63, 3.8) is 0 Å². The van der Waals surface area contributed by atoms with Crippen LogP contribution in [0, 0.1) is 0 Å². The van der Waals surface area contributed by atoms with Gasteiger partial charge < -0.3 is 10.7 Å². The molecule has 0 saturated carbocycles. The number of thioether (sulfide) groups is 1. The summed E-state index contributed by atoms with van der Waals surface area (Å²) in [5, 5.41) is 11.0. The molecule has 2 aromatic carbocycles. The summed E-state index contributed by atoms with van der Waals surface area (Å²) >= 11 is 1.31. The Morgan fingerprint density at radius 1 is 1.20 bits per heavy atom. The summed E-state index contributed by atoms with van der Waals surface area (Å²) in [7, 11) is 3.47. The van der Waals surface area contributed by atoms with E-state index in [2.05, 4.69) is 34.5 Å². The number of carbonyl (C=O) groups excluding carboxylic acids is 1. The van der Waals surface area contributed by atoms with Gasteiger partial charge in [-0.25, -0.2) is 4.68 Å². The summed E-state index contributed by atoms with van der Waals surface area (Å²) in [6.45, 7) is 1.84. The minimum absolute atomic E-state index is 0.0172. The molecule has 7 heteroatoms. The second kappa shape index (κ2) is 7.14. The van der Waals surface area contributed by atoms with Gasteiger partial charge in [0.2, 0.25) is 11.1 Å². The zero-order valence-electron chi connectivity index (χ0n) is 14.5. The third kappa shape index (κ3) is 3.61. The molecule has 0 aliphatic heterocycles. The normalized spacial score (nSPS) is 12.3. The van der Waals surface area contributed by atoms with Crippen LogP contribution in [-0.2, 0) is 11.2 Å². The molecule has 1 aromatic heterocycles. The van der Waals surface area contributed by atoms with E-state index < -0.39 is 0 Å². The molecule has 0 bridgehead atoms. The van der Waals surface area contributed by atoms with Crippen molar-refractivity contribution in [1.29, 1.82) is 0 Å². The van der Waals surface area contributed by atoms with E-state index in [1.807, 2.05) is 25.1 Å². The molecule has 130 valence electrons. The summed E-state index contributed by atoms with van der Waals surface area (Å²) in [6, 6.07) is 14.4. The first-order valence-electron chi connectivity index (χ1n) is 8.01. The van der Waals surface area contributed by atoms with Crippen LogP contribution in [0.2, 0.25) is 0 Å². The second-order valence-corrected chi connectivity index (χ2v) is 7.38. The van der Waals surface area contributed by atoms with Gasteiger partial charge in [-0.3, -0.25) is 4.79 Å². The monoisotopic (exact) mass is 355 g/mol. The minimum Gasteiger partial charge on any atom is -0.348 e. The van der Waals surface area contributed by atoms with Gasteiger partial charge in [0.1, 0.15) is 0 Å². The van der Waals surface area contributed by atoms with Gasteiger partial charge in [0.05, 0.1) is 5.25 Å². The lowest BCUT2D eigenvalue weighted by Crippen LogP contribution is -2.30. The standard InChI is InChI=1S/C18H21N5OS/c1-12(17(24)22(2)3)25-18-21-20-16(23(18)19)11-14-9-6-8-13-7-4-5-10-15(13)14/h4-10,12H,11,19H2,1-3H3/t12-/m1/s1. The van der Waals surface area contributed by atoms with E-state index in [0.29, 0.717) is 17.4 Å². The van der Waals surface area contributed by atoms with Crippen LogP contribution >= 0.6 is 11.8 Å². The van der Waals surface area contributed by atoms with Gasteiger partial charge in [-0.2, -0.15) is 0 Å². The quantitative estimate of drug-likeness (QED) is 0.561. The van der Waals surface area contributed by atoms with Crippen molar-refractivity contribution >= 4 is 28.4 Å². The van der Waals surface area contributed by atoms with E-state index in [0.717, 1.165) is 5.56 Å². The van der Waals surface area contributed by atoms with Crippen LogP contribution in [0.15, 0.2) is 47.6 Å². The van der Waals surface area contributed by atoms with Crippen LogP contribution < -0.4 is 5.84 Å². The molecule has 3 rings (SSSR count). The molecular weight excluding hydrogens is 334 g/mol. The molecular formula is C18H21N5OS. The Bertz CT molecular complexity index is 900. The predicted octanol–water partition coefficient (Wildman–Crippen LogP) is 2.30. The molecule has 1 amide bonds. The lowest BCUT2D eigenvalue weighted by molar-refractivity contribution is -0.127. The fourth-order valence-electron chi connectivity index (χ4n) is 2.70. The first-order chi connectivity index (χ1) is 12.0. The molecule has 0 saturated heterocycles. The number of rotatable bonds is 5. The number of fused-ring (bicyclic) bond motifs is 1. The molecule has 3 aromatic rings. The van der Waals surface area contributed by atoms with E-state index in [-0.39, 0.29) is 11.2 Å². The average Bonchev–Trinajstić information content (AvgIpc) is 2.94. The van der Waals surface area contributed by atoms with Gasteiger partial charge in [0.25, 0.3) is 0 Å². The molecule has 0 radical (unpaired) electrons. The maximum absolute atomic E-state index is 12.0. The number of benzene rings is 2. The van der Waals surface area contributed by atoms with Crippen LogP contribution in [-0.4, -0.2) is 45.0 Å². The van der Waals surface area contributed by atoms with Gasteiger partial charge in [0, 0.05) is 20.5 Å². The zero-order chi connectivity index (χ0) is 18.0. The maximum Gasteiger partial charge on any atom is 0.235 e. The van der Waals surface area contributed by atoms with Gasteiger partial charge in [-0.15, -0.1) is 10.2 Å². The summed E-state index contributed by atoms with van der Waals surface area (Å²) in [5.41, 5.74) is 1.14. The minimum atomic E-state index is -0.271. The fourth-order valence-corrected chi connectivity index (χ4v) is 3.63. The van der Waals surface area contributed by atoms with Crippen LogP contribution in [0.25, 0.3) is 10.8 Å². The molecule has 1 heterocycles. The van der Waals surface area contributed by atoms with E-state index in [1.165, 1.54) is 27.2 Å². The maximum atomic E-state index is 12.0. The Kier molecular flexibility index (Phi) is 4.94. The molecule has 25 heavy (non-hydrogen) atoms. The van der Waals surface area contributed by atoms with Crippen LogP contribution in [0.1, 0.15) is 18.3 Å². The molecule has 0 aliphatic rings. The number of carbonyl (C=O) groups is 1. The smallest absolute Gasteiger partial charge is 0.235 e. The zero-order valence-corrected chi connectivity index (χ0v) is 15.3. The van der Waals surface area contributed by atoms with Crippen LogP contribution in [0.3, 0.4) is 0 Å². The summed E-state index contributed by atoms with van der Waals surface area (Å²) in [5.74, 6) is 6.85. The van der Waals surface area contributed by atoms with Crippen molar-refractivity contribution in [3.05, 3.63) is 53.9 Å². The number of aromatic nitrogens is 3. The Labute approximate surface area is 151 Å². The molecule has 0 spiro atoms. The third-order valence-electron chi connectivity index (χ3n) is 4.03. The lowest BCUT2D eigenvalue weighted by atomic mass is 10.0. The fraction of sp³-hybridized carbons (Fsp3) is 0.278. The highest BCUT2D eigenvalue weighted by Gasteiger charge is 2.20. The SMILES string of the molecule is C[C@@H](Sc1nnc(Cc2cccc3ccccc23)n1N)C(=O)N(C)C. The van der Waals surface area contributed by atoms with E-state index in [1.54, 1.807) is 19.0 Å². The number of nitrogens with zero attached hydrogens (tertiary/aromatic N) is 4. The van der Waals surface area contributed by atoms with Crippen molar-refractivity contribution in [2.75, 3.05) is 19.9 Å². The topological polar surface area (TPSA) is 77.0 Å². The first-order valence-corrected chi connectivity index (χ1v) is 8.89. The van der Waals surface area contributed by atoms with Crippen molar-refractivity contribution in [2.45, 2.75) is 23.8 Å². The van der Waals surface area contributed by atoms with Crippen LogP contribution in [0.5, 0.6) is 0 Å². The number of hydrogen-bond acceptors (Lipinski definition) is 5. The average molecular weight is 355 g/mol. The summed E-state index contributed by atoms with van der Waals surface area (Å²) in [4.78, 5) is 13.6. The van der Waals surface area contributed by atoms with Gasteiger partial charge in [0.15, 0.2) is 5.82 Å². The Morgan fingerprint density at radius 2 is 1.92 bits per heavy atom. The Hall–Kier alpha value is -2.54. The second-order valence-electron chi connectivity index (χ2n) is 6.08. The Morgan fingerprint density at radius 3 is 2.68 bits per heavy atom. The highest BCUT2D eigenvalue weighted by atomic mass is 32.2. The number of nitrogen functional groups attached to an aromatic ring is 1. The third-order valence-corrected chi connectivity index (χ3v) is 5.08. The van der Waals surface area contributed by atoms with E-state index in [4.69, 9.17) is 5.84 Å². The van der Waals surface area contributed by atoms with Gasteiger partial charge in [-0.1, -0.05) is 54.2 Å².